The highest BCUT2D eigenvalue weighted by Gasteiger charge is 2.30. The molecule has 1 aliphatic rings. The van der Waals surface area contributed by atoms with E-state index in [-0.39, 0.29) is 19.0 Å². The molecule has 0 bridgehead atoms. The molecule has 1 heterocycles. The number of carbonyl (C=O) groups is 2. The predicted molar refractivity (Wildman–Crippen MR) is 150 cm³/mol. The van der Waals surface area contributed by atoms with Gasteiger partial charge in [-0.3, -0.25) is 9.59 Å². The predicted octanol–water partition coefficient (Wildman–Crippen LogP) is 4.65. The van der Waals surface area contributed by atoms with Crippen LogP contribution in [0, 0.1) is 6.92 Å². The number of carbonyl (C=O) groups excluding carboxylic acids is 2. The van der Waals surface area contributed by atoms with Gasteiger partial charge in [0.05, 0.1) is 23.6 Å². The second-order valence-corrected chi connectivity index (χ2v) is 10.9. The molecule has 40 heavy (non-hydrogen) atoms. The Morgan fingerprint density at radius 3 is 2.42 bits per heavy atom. The van der Waals surface area contributed by atoms with Crippen LogP contribution in [0.3, 0.4) is 0 Å². The molecule has 2 amide bonds. The second-order valence-electron chi connectivity index (χ2n) is 9.86. The summed E-state index contributed by atoms with van der Waals surface area (Å²) in [6.45, 7) is 2.64. The maximum Gasteiger partial charge on any atom is 0.416 e. The number of hydrogen-bond donors (Lipinski definition) is 3. The number of nitrogens with zero attached hydrogens (tertiary/aromatic N) is 1. The normalized spacial score (nSPS) is 15.1. The number of rotatable bonds is 10. The topological polar surface area (TPSA) is 81.7 Å². The Morgan fingerprint density at radius 2 is 1.73 bits per heavy atom. The SMILES string of the molecule is Cc1cc(C(=O)N[C@@H](Cc2ccccc2)[C@H](O)CNCc2cccc(C(F)(F)F)c2)cc(C(=O)N2CCSC2)c1. The molecule has 0 aromatic heterocycles. The monoisotopic (exact) mass is 571 g/mol. The maximum absolute atomic E-state index is 13.3. The standard InChI is InChI=1S/C30H32F3N3O3S/c1-20-12-23(16-24(13-20)29(39)36-10-11-40-19-36)28(38)35-26(15-21-6-3-2-4-7-21)27(37)18-34-17-22-8-5-9-25(14-22)30(31,32)33/h2-9,12-14,16,26-27,34,37H,10-11,15,17-19H2,1H3,(H,35,38)/t26-,27+/m0/s1. The van der Waals surface area contributed by atoms with Crippen molar-refractivity contribution in [3.05, 3.63) is 106 Å². The molecule has 0 spiro atoms. The van der Waals surface area contributed by atoms with Gasteiger partial charge in [-0.05, 0) is 54.3 Å². The van der Waals surface area contributed by atoms with Gasteiger partial charge in [-0.25, -0.2) is 0 Å². The molecule has 0 radical (unpaired) electrons. The summed E-state index contributed by atoms with van der Waals surface area (Å²) in [5, 5.41) is 17.0. The number of nitrogens with one attached hydrogen (secondary N) is 2. The van der Waals surface area contributed by atoms with Gasteiger partial charge in [-0.1, -0.05) is 48.5 Å². The summed E-state index contributed by atoms with van der Waals surface area (Å²) < 4.78 is 39.1. The third-order valence-corrected chi connectivity index (χ3v) is 7.61. The lowest BCUT2D eigenvalue weighted by atomic mass is 9.99. The van der Waals surface area contributed by atoms with E-state index >= 15 is 0 Å². The fourth-order valence-electron chi connectivity index (χ4n) is 4.56. The molecule has 0 aliphatic carbocycles. The molecule has 1 fully saturated rings. The van der Waals surface area contributed by atoms with Crippen LogP contribution < -0.4 is 10.6 Å². The molecule has 10 heteroatoms. The van der Waals surface area contributed by atoms with Crippen molar-refractivity contribution in [2.75, 3.05) is 24.7 Å². The van der Waals surface area contributed by atoms with Crippen molar-refractivity contribution < 1.29 is 27.9 Å². The van der Waals surface area contributed by atoms with Crippen molar-refractivity contribution in [2.24, 2.45) is 0 Å². The van der Waals surface area contributed by atoms with Crippen molar-refractivity contribution in [3.8, 4) is 0 Å². The van der Waals surface area contributed by atoms with Gasteiger partial charge in [0.1, 0.15) is 0 Å². The minimum Gasteiger partial charge on any atom is -0.390 e. The van der Waals surface area contributed by atoms with Crippen LogP contribution in [-0.2, 0) is 19.1 Å². The highest BCUT2D eigenvalue weighted by Crippen LogP contribution is 2.29. The summed E-state index contributed by atoms with van der Waals surface area (Å²) >= 11 is 1.68. The molecule has 212 valence electrons. The van der Waals surface area contributed by atoms with Crippen LogP contribution >= 0.6 is 11.8 Å². The van der Waals surface area contributed by atoms with Gasteiger partial charge in [-0.2, -0.15) is 13.2 Å². The lowest BCUT2D eigenvalue weighted by molar-refractivity contribution is -0.137. The summed E-state index contributed by atoms with van der Waals surface area (Å²) in [6, 6.07) is 18.7. The fraction of sp³-hybridized carbons (Fsp3) is 0.333. The molecule has 6 nitrogen and oxygen atoms in total. The number of aliphatic hydroxyl groups is 1. The van der Waals surface area contributed by atoms with E-state index in [0.717, 1.165) is 29.0 Å². The Morgan fingerprint density at radius 1 is 1.00 bits per heavy atom. The molecule has 1 aliphatic heterocycles. The first kappa shape index (κ1) is 29.6. The lowest BCUT2D eigenvalue weighted by Gasteiger charge is -2.25. The fourth-order valence-corrected chi connectivity index (χ4v) is 5.51. The largest absolute Gasteiger partial charge is 0.416 e. The second kappa shape index (κ2) is 13.3. The summed E-state index contributed by atoms with van der Waals surface area (Å²) in [7, 11) is 0. The van der Waals surface area contributed by atoms with Crippen molar-refractivity contribution in [3.63, 3.8) is 0 Å². The summed E-state index contributed by atoms with van der Waals surface area (Å²) in [6.07, 6.45) is -5.14. The molecule has 0 saturated carbocycles. The smallest absolute Gasteiger partial charge is 0.390 e. The molecular weight excluding hydrogens is 539 g/mol. The highest BCUT2D eigenvalue weighted by atomic mass is 32.2. The first-order valence-electron chi connectivity index (χ1n) is 13.0. The number of aryl methyl sites for hydroxylation is 1. The number of halogens is 3. The van der Waals surface area contributed by atoms with Crippen molar-refractivity contribution in [1.82, 2.24) is 15.5 Å². The quantitative estimate of drug-likeness (QED) is 0.330. The Labute approximate surface area is 236 Å². The zero-order chi connectivity index (χ0) is 28.7. The van der Waals surface area contributed by atoms with Gasteiger partial charge in [0.25, 0.3) is 11.8 Å². The average Bonchev–Trinajstić information content (AvgIpc) is 3.47. The Bertz CT molecular complexity index is 1310. The number of amides is 2. The Balaban J connectivity index is 1.45. The molecular formula is C30H32F3N3O3S. The molecule has 3 aromatic carbocycles. The van der Waals surface area contributed by atoms with E-state index in [0.29, 0.717) is 35.5 Å². The number of aliphatic hydroxyl groups excluding tert-OH is 1. The third kappa shape index (κ3) is 8.09. The lowest BCUT2D eigenvalue weighted by Crippen LogP contribution is -2.48. The van der Waals surface area contributed by atoms with E-state index in [1.54, 1.807) is 40.9 Å². The molecule has 1 saturated heterocycles. The van der Waals surface area contributed by atoms with Crippen molar-refractivity contribution in [2.45, 2.75) is 38.2 Å². The van der Waals surface area contributed by atoms with Crippen LogP contribution in [0.15, 0.2) is 72.8 Å². The summed E-state index contributed by atoms with van der Waals surface area (Å²) in [4.78, 5) is 28.0. The first-order valence-corrected chi connectivity index (χ1v) is 14.1. The molecule has 3 aromatic rings. The van der Waals surface area contributed by atoms with Gasteiger partial charge < -0.3 is 20.6 Å². The minimum absolute atomic E-state index is 0.0399. The van der Waals surface area contributed by atoms with Gasteiger partial charge in [-0.15, -0.1) is 11.8 Å². The minimum atomic E-state index is -4.44. The zero-order valence-electron chi connectivity index (χ0n) is 22.1. The van der Waals surface area contributed by atoms with Gasteiger partial charge in [0.2, 0.25) is 0 Å². The van der Waals surface area contributed by atoms with Crippen LogP contribution in [0.1, 0.15) is 43.0 Å². The Kier molecular flexibility index (Phi) is 9.89. The third-order valence-electron chi connectivity index (χ3n) is 6.64. The number of hydrogen-bond acceptors (Lipinski definition) is 5. The van der Waals surface area contributed by atoms with Crippen LogP contribution in [0.25, 0.3) is 0 Å². The van der Waals surface area contributed by atoms with Crippen LogP contribution in [0.2, 0.25) is 0 Å². The first-order chi connectivity index (χ1) is 19.1. The van der Waals surface area contributed by atoms with Gasteiger partial charge in [0.15, 0.2) is 0 Å². The van der Waals surface area contributed by atoms with E-state index in [9.17, 15) is 27.9 Å². The molecule has 0 unspecified atom stereocenters. The van der Waals surface area contributed by atoms with E-state index in [1.807, 2.05) is 37.3 Å². The van der Waals surface area contributed by atoms with Gasteiger partial charge in [0, 0.05) is 36.5 Å². The molecule has 3 N–H and O–H groups in total. The van der Waals surface area contributed by atoms with Crippen LogP contribution in [0.5, 0.6) is 0 Å². The average molecular weight is 572 g/mol. The number of benzene rings is 3. The molecule has 2 atom stereocenters. The number of alkyl halides is 3. The highest BCUT2D eigenvalue weighted by molar-refractivity contribution is 7.99. The van der Waals surface area contributed by atoms with Crippen molar-refractivity contribution in [1.29, 1.82) is 0 Å². The van der Waals surface area contributed by atoms with Crippen LogP contribution in [0.4, 0.5) is 13.2 Å². The van der Waals surface area contributed by atoms with Gasteiger partial charge >= 0.3 is 6.18 Å². The van der Waals surface area contributed by atoms with E-state index in [2.05, 4.69) is 10.6 Å². The summed E-state index contributed by atoms with van der Waals surface area (Å²) in [5.74, 6) is 0.952. The number of thioether (sulfide) groups is 1. The maximum atomic E-state index is 13.3. The Hall–Kier alpha value is -3.34. The van der Waals surface area contributed by atoms with Crippen molar-refractivity contribution >= 4 is 23.6 Å². The van der Waals surface area contributed by atoms with E-state index in [4.69, 9.17) is 0 Å². The summed E-state index contributed by atoms with van der Waals surface area (Å²) in [5.41, 5.74) is 2.12. The van der Waals surface area contributed by atoms with Crippen LogP contribution in [-0.4, -0.2) is 58.7 Å². The molecule has 4 rings (SSSR count). The zero-order valence-corrected chi connectivity index (χ0v) is 22.9. The van der Waals surface area contributed by atoms with E-state index in [1.165, 1.54) is 6.07 Å². The van der Waals surface area contributed by atoms with E-state index < -0.39 is 29.8 Å².